The second-order valence-electron chi connectivity index (χ2n) is 6.24. The first-order chi connectivity index (χ1) is 13.5. The van der Waals surface area contributed by atoms with Crippen molar-refractivity contribution in [3.05, 3.63) is 41.4 Å². The molecule has 12 heteroatoms. The van der Waals surface area contributed by atoms with Crippen molar-refractivity contribution in [2.24, 2.45) is 0 Å². The summed E-state index contributed by atoms with van der Waals surface area (Å²) < 4.78 is 53.4. The zero-order chi connectivity index (χ0) is 21.8. The molecule has 1 aliphatic heterocycles. The summed E-state index contributed by atoms with van der Waals surface area (Å²) in [6.07, 6.45) is -1.26. The van der Waals surface area contributed by atoms with Crippen molar-refractivity contribution in [1.82, 2.24) is 19.9 Å². The molecule has 3 heterocycles. The van der Waals surface area contributed by atoms with Gasteiger partial charge < -0.3 is 10.1 Å². The monoisotopic (exact) mass is 432 g/mol. The Hall–Kier alpha value is -2.73. The number of alkyl halides is 3. The van der Waals surface area contributed by atoms with Gasteiger partial charge in [-0.05, 0) is 37.1 Å². The van der Waals surface area contributed by atoms with Gasteiger partial charge in [0.15, 0.2) is 16.5 Å². The molecule has 0 saturated carbocycles. The number of nitrogens with one attached hydrogen (secondary N) is 1. The zero-order valence-corrected chi connectivity index (χ0v) is 16.4. The van der Waals surface area contributed by atoms with E-state index in [1.807, 2.05) is 30.9 Å². The van der Waals surface area contributed by atoms with Crippen LogP contribution in [0.5, 0.6) is 0 Å². The molecule has 0 aromatic carbocycles. The number of aryl methyl sites for hydroxylation is 2. The molecule has 0 atom stereocenters. The highest BCUT2D eigenvalue weighted by Crippen LogP contribution is 2.24. The number of rotatable bonds is 4. The smallest absolute Gasteiger partial charge is 0.475 e. The molecule has 0 unspecified atom stereocenters. The van der Waals surface area contributed by atoms with Gasteiger partial charge in [0.1, 0.15) is 5.69 Å². The fraction of sp³-hybridized carbons (Fsp3) is 0.353. The van der Waals surface area contributed by atoms with Crippen LogP contribution in [-0.4, -0.2) is 64.5 Å². The molecule has 3 rings (SSSR count). The van der Waals surface area contributed by atoms with E-state index in [9.17, 15) is 21.6 Å². The Morgan fingerprint density at radius 2 is 2.00 bits per heavy atom. The first-order valence-corrected chi connectivity index (χ1v) is 9.67. The van der Waals surface area contributed by atoms with E-state index in [0.717, 1.165) is 34.0 Å². The van der Waals surface area contributed by atoms with Gasteiger partial charge in [-0.3, -0.25) is 9.88 Å². The van der Waals surface area contributed by atoms with Crippen molar-refractivity contribution in [3.8, 4) is 11.5 Å². The predicted octanol–water partition coefficient (Wildman–Crippen LogP) is 1.99. The van der Waals surface area contributed by atoms with Gasteiger partial charge in [0.25, 0.3) is 0 Å². The maximum Gasteiger partial charge on any atom is 0.490 e. The largest absolute Gasteiger partial charge is 0.490 e. The lowest BCUT2D eigenvalue weighted by molar-refractivity contribution is -0.192. The highest BCUT2D eigenvalue weighted by atomic mass is 32.2. The molecule has 0 aliphatic carbocycles. The van der Waals surface area contributed by atoms with Gasteiger partial charge in [0.2, 0.25) is 0 Å². The van der Waals surface area contributed by atoms with E-state index in [-0.39, 0.29) is 5.88 Å². The third-order valence-corrected chi connectivity index (χ3v) is 4.68. The maximum absolute atomic E-state index is 10.8. The lowest BCUT2D eigenvalue weighted by atomic mass is 10.1. The predicted molar refractivity (Wildman–Crippen MR) is 99.7 cm³/mol. The second kappa shape index (κ2) is 9.18. The number of carboxylic acids is 1. The Kier molecular flexibility index (Phi) is 7.14. The standard InChI is InChI=1S/C15H18N4O2S.C2HF3O2/c1-10-11(2)18-15(17-10)14-7-12(3-5-16-14)13-4-6-19(8-13)9-22(20)21;3-2(4,5)1(6)7/h3-5,7,22H,6,8-9H2,1-2H3,(H,17,18);(H,6,7). The topological polar surface area (TPSA) is 116 Å². The van der Waals surface area contributed by atoms with Crippen molar-refractivity contribution in [2.45, 2.75) is 20.0 Å². The summed E-state index contributed by atoms with van der Waals surface area (Å²) in [7, 11) is -2.38. The van der Waals surface area contributed by atoms with Crippen molar-refractivity contribution < 1.29 is 31.5 Å². The van der Waals surface area contributed by atoms with E-state index in [0.29, 0.717) is 13.1 Å². The minimum Gasteiger partial charge on any atom is -0.475 e. The number of carboxylic acid groups (broad SMARTS) is 1. The molecule has 2 aromatic rings. The fourth-order valence-corrected chi connectivity index (χ4v) is 3.06. The summed E-state index contributed by atoms with van der Waals surface area (Å²) in [6, 6.07) is 3.93. The average Bonchev–Trinajstić information content (AvgIpc) is 3.21. The SMILES string of the molecule is Cc1nc(-c2cc(C3=CCN(C[SH](=O)=O)C3)ccn2)[nH]c1C.O=C(O)C(F)(F)F. The van der Waals surface area contributed by atoms with Crippen LogP contribution in [0.3, 0.4) is 0 Å². The number of pyridine rings is 1. The van der Waals surface area contributed by atoms with Gasteiger partial charge in [0.05, 0.1) is 11.6 Å². The summed E-state index contributed by atoms with van der Waals surface area (Å²) in [5.41, 5.74) is 4.98. The molecule has 29 heavy (non-hydrogen) atoms. The third-order valence-electron chi connectivity index (χ3n) is 4.05. The molecule has 0 saturated heterocycles. The van der Waals surface area contributed by atoms with Gasteiger partial charge in [-0.1, -0.05) is 6.08 Å². The molecule has 0 radical (unpaired) electrons. The number of hydrogen-bond donors (Lipinski definition) is 3. The molecule has 2 N–H and O–H groups in total. The van der Waals surface area contributed by atoms with Gasteiger partial charge >= 0.3 is 12.1 Å². The third kappa shape index (κ3) is 6.39. The number of nitrogens with zero attached hydrogens (tertiary/aromatic N) is 3. The zero-order valence-electron chi connectivity index (χ0n) is 15.5. The number of carbonyl (C=O) groups is 1. The molecule has 0 bridgehead atoms. The van der Waals surface area contributed by atoms with Crippen LogP contribution in [0.4, 0.5) is 13.2 Å². The quantitative estimate of drug-likeness (QED) is 0.633. The van der Waals surface area contributed by atoms with Crippen LogP contribution in [0.25, 0.3) is 17.1 Å². The van der Waals surface area contributed by atoms with Crippen LogP contribution in [0, 0.1) is 13.8 Å². The minimum absolute atomic E-state index is 0.101. The van der Waals surface area contributed by atoms with Crippen LogP contribution >= 0.6 is 0 Å². The van der Waals surface area contributed by atoms with Gasteiger partial charge in [-0.25, -0.2) is 18.2 Å². The first-order valence-electron chi connectivity index (χ1n) is 8.30. The Balaban J connectivity index is 0.000000370. The molecule has 8 nitrogen and oxygen atoms in total. The molecular weight excluding hydrogens is 413 g/mol. The van der Waals surface area contributed by atoms with E-state index < -0.39 is 22.8 Å². The molecule has 158 valence electrons. The molecule has 1 aliphatic rings. The summed E-state index contributed by atoms with van der Waals surface area (Å²) in [4.78, 5) is 22.9. The number of halogens is 3. The van der Waals surface area contributed by atoms with Crippen LogP contribution in [0.2, 0.25) is 0 Å². The number of aliphatic carboxylic acids is 1. The van der Waals surface area contributed by atoms with Crippen molar-refractivity contribution in [2.75, 3.05) is 19.0 Å². The van der Waals surface area contributed by atoms with Crippen LogP contribution < -0.4 is 0 Å². The Bertz CT molecular complexity index is 971. The molecule has 0 amide bonds. The Morgan fingerprint density at radius 1 is 1.34 bits per heavy atom. The summed E-state index contributed by atoms with van der Waals surface area (Å²) in [5, 5.41) is 7.12. The Morgan fingerprint density at radius 3 is 2.52 bits per heavy atom. The normalized spacial score (nSPS) is 14.5. The highest BCUT2D eigenvalue weighted by Gasteiger charge is 2.38. The van der Waals surface area contributed by atoms with Gasteiger partial charge in [0, 0.05) is 25.0 Å². The van der Waals surface area contributed by atoms with Crippen molar-refractivity contribution in [3.63, 3.8) is 0 Å². The van der Waals surface area contributed by atoms with Crippen LogP contribution in [-0.2, 0) is 15.5 Å². The first kappa shape index (κ1) is 22.6. The lowest BCUT2D eigenvalue weighted by Crippen LogP contribution is -2.22. The Labute approximate surface area is 166 Å². The molecule has 0 fully saturated rings. The average molecular weight is 432 g/mol. The van der Waals surface area contributed by atoms with E-state index >= 15 is 0 Å². The van der Waals surface area contributed by atoms with E-state index in [1.54, 1.807) is 6.20 Å². The number of H-pyrrole nitrogens is 1. The van der Waals surface area contributed by atoms with Crippen molar-refractivity contribution in [1.29, 1.82) is 0 Å². The van der Waals surface area contributed by atoms with E-state index in [2.05, 4.69) is 21.0 Å². The summed E-state index contributed by atoms with van der Waals surface area (Å²) in [5.74, 6) is -1.90. The van der Waals surface area contributed by atoms with Crippen LogP contribution in [0.15, 0.2) is 24.4 Å². The second-order valence-corrected chi connectivity index (χ2v) is 7.19. The fourth-order valence-electron chi connectivity index (χ4n) is 2.52. The van der Waals surface area contributed by atoms with Crippen LogP contribution in [0.1, 0.15) is 17.0 Å². The highest BCUT2D eigenvalue weighted by molar-refractivity contribution is 7.72. The summed E-state index contributed by atoms with van der Waals surface area (Å²) >= 11 is 0. The summed E-state index contributed by atoms with van der Waals surface area (Å²) in [6.45, 7) is 5.25. The van der Waals surface area contributed by atoms with Crippen molar-refractivity contribution >= 4 is 22.2 Å². The van der Waals surface area contributed by atoms with E-state index in [4.69, 9.17) is 9.90 Å². The molecular formula is C17H19F3N4O4S. The maximum atomic E-state index is 10.8. The number of hydrogen-bond acceptors (Lipinski definition) is 6. The number of imidazole rings is 1. The van der Waals surface area contributed by atoms with Gasteiger partial charge in [-0.15, -0.1) is 0 Å². The lowest BCUT2D eigenvalue weighted by Gasteiger charge is -2.11. The van der Waals surface area contributed by atoms with E-state index in [1.165, 1.54) is 0 Å². The minimum atomic E-state index is -5.08. The number of aromatic amines is 1. The van der Waals surface area contributed by atoms with Gasteiger partial charge in [-0.2, -0.15) is 13.2 Å². The molecule has 0 spiro atoms. The molecule has 2 aromatic heterocycles. The number of thiol groups is 1. The number of aromatic nitrogens is 3.